The van der Waals surface area contributed by atoms with Gasteiger partial charge in [-0.15, -0.1) is 0 Å². The van der Waals surface area contributed by atoms with E-state index in [-0.39, 0.29) is 24.6 Å². The van der Waals surface area contributed by atoms with Gasteiger partial charge in [-0.3, -0.25) is 14.2 Å². The van der Waals surface area contributed by atoms with Gasteiger partial charge in [0, 0.05) is 36.4 Å². The molecule has 0 radical (unpaired) electrons. The van der Waals surface area contributed by atoms with Crippen LogP contribution < -0.4 is 15.8 Å². The number of nitrogens with one attached hydrogen (secondary N) is 1. The van der Waals surface area contributed by atoms with Crippen molar-refractivity contribution in [2.75, 3.05) is 30.4 Å². The number of methoxy groups -OCH3 is 1. The van der Waals surface area contributed by atoms with Crippen molar-refractivity contribution >= 4 is 33.5 Å². The van der Waals surface area contributed by atoms with Crippen LogP contribution in [0.4, 0.5) is 11.6 Å². The zero-order chi connectivity index (χ0) is 18.5. The van der Waals surface area contributed by atoms with Crippen molar-refractivity contribution < 1.29 is 9.53 Å². The van der Waals surface area contributed by atoms with E-state index in [4.69, 9.17) is 4.74 Å². The second kappa shape index (κ2) is 8.46. The van der Waals surface area contributed by atoms with Gasteiger partial charge in [0.25, 0.3) is 5.56 Å². The Morgan fingerprint density at radius 2 is 2.08 bits per heavy atom. The molecule has 0 atom stereocenters. The number of nitrogens with zero attached hydrogens (tertiary/aromatic N) is 3. The first-order valence-electron chi connectivity index (χ1n) is 8.47. The van der Waals surface area contributed by atoms with E-state index >= 15 is 0 Å². The van der Waals surface area contributed by atoms with Crippen molar-refractivity contribution in [1.82, 2.24) is 9.55 Å². The fourth-order valence-electron chi connectivity index (χ4n) is 2.98. The van der Waals surface area contributed by atoms with Crippen LogP contribution in [-0.2, 0) is 22.7 Å². The second-order valence-corrected chi connectivity index (χ2v) is 7.07. The summed E-state index contributed by atoms with van der Waals surface area (Å²) in [7, 11) is 1.56. The molecule has 1 amide bonds. The molecule has 138 valence electrons. The largest absolute Gasteiger partial charge is 0.378 e. The highest BCUT2D eigenvalue weighted by molar-refractivity contribution is 9.10. The van der Waals surface area contributed by atoms with E-state index in [0.29, 0.717) is 17.3 Å². The normalized spacial score (nSPS) is 13.8. The zero-order valence-corrected chi connectivity index (χ0v) is 16.2. The Bertz CT molecular complexity index is 847. The first-order valence-corrected chi connectivity index (χ1v) is 9.26. The number of aromatic nitrogens is 2. The van der Waals surface area contributed by atoms with Gasteiger partial charge < -0.3 is 15.0 Å². The fraction of sp³-hybridized carbons (Fsp3) is 0.389. The average molecular weight is 421 g/mol. The molecule has 2 heterocycles. The molecule has 0 bridgehead atoms. The number of hydrogen-bond donors (Lipinski definition) is 1. The lowest BCUT2D eigenvalue weighted by atomic mass is 10.3. The minimum atomic E-state index is -0.271. The van der Waals surface area contributed by atoms with Gasteiger partial charge in [-0.25, -0.2) is 4.98 Å². The molecule has 1 N–H and O–H groups in total. The minimum Gasteiger partial charge on any atom is -0.378 e. The molecular weight excluding hydrogens is 400 g/mol. The number of hydrogen-bond acceptors (Lipinski definition) is 5. The van der Waals surface area contributed by atoms with Gasteiger partial charge in [-0.2, -0.15) is 0 Å². The Morgan fingerprint density at radius 1 is 1.31 bits per heavy atom. The summed E-state index contributed by atoms with van der Waals surface area (Å²) in [5.41, 5.74) is 0.991. The maximum absolute atomic E-state index is 12.6. The van der Waals surface area contributed by atoms with Gasteiger partial charge in [0.15, 0.2) is 0 Å². The van der Waals surface area contributed by atoms with Crippen molar-refractivity contribution in [2.24, 2.45) is 0 Å². The van der Waals surface area contributed by atoms with Crippen molar-refractivity contribution in [1.29, 1.82) is 0 Å². The maximum atomic E-state index is 12.6. The first-order chi connectivity index (χ1) is 12.6. The minimum absolute atomic E-state index is 0.0859. The lowest BCUT2D eigenvalue weighted by Gasteiger charge is -2.21. The number of carbonyl (C=O) groups excluding carboxylic acids is 1. The molecule has 1 aliphatic rings. The summed E-state index contributed by atoms with van der Waals surface area (Å²) < 4.78 is 7.40. The third kappa shape index (κ3) is 4.50. The van der Waals surface area contributed by atoms with Crippen LogP contribution in [0.1, 0.15) is 18.5 Å². The number of carbonyl (C=O) groups is 1. The second-order valence-electron chi connectivity index (χ2n) is 6.16. The van der Waals surface area contributed by atoms with Gasteiger partial charge in [-0.1, -0.05) is 22.0 Å². The van der Waals surface area contributed by atoms with Crippen molar-refractivity contribution in [3.63, 3.8) is 0 Å². The van der Waals surface area contributed by atoms with Crippen LogP contribution >= 0.6 is 15.9 Å². The number of rotatable bonds is 6. The molecule has 26 heavy (non-hydrogen) atoms. The predicted molar refractivity (Wildman–Crippen MR) is 103 cm³/mol. The lowest BCUT2D eigenvalue weighted by Crippen LogP contribution is -2.34. The van der Waals surface area contributed by atoms with Crippen LogP contribution in [0.5, 0.6) is 0 Å². The van der Waals surface area contributed by atoms with Gasteiger partial charge in [0.05, 0.1) is 12.3 Å². The molecule has 1 saturated heterocycles. The van der Waals surface area contributed by atoms with E-state index in [9.17, 15) is 9.59 Å². The Hall–Kier alpha value is -2.19. The molecule has 0 unspecified atom stereocenters. The molecule has 1 fully saturated rings. The molecule has 7 nitrogen and oxygen atoms in total. The molecule has 0 aliphatic carbocycles. The van der Waals surface area contributed by atoms with Gasteiger partial charge in [0.1, 0.15) is 6.54 Å². The highest BCUT2D eigenvalue weighted by Gasteiger charge is 2.20. The molecular formula is C18H21BrN4O3. The van der Waals surface area contributed by atoms with Crippen LogP contribution in [0.3, 0.4) is 0 Å². The molecule has 0 spiro atoms. The van der Waals surface area contributed by atoms with E-state index in [1.165, 1.54) is 10.6 Å². The Labute approximate surface area is 160 Å². The van der Waals surface area contributed by atoms with Gasteiger partial charge in [-0.05, 0) is 31.0 Å². The van der Waals surface area contributed by atoms with E-state index < -0.39 is 0 Å². The lowest BCUT2D eigenvalue weighted by molar-refractivity contribution is -0.116. The standard InChI is InChI=1S/C18H21BrN4O3/c1-26-12-15-10-17(25)23(18(21-15)22-7-2-3-8-22)11-16(24)20-14-6-4-5-13(19)9-14/h4-6,9-10H,2-3,7-8,11-12H2,1H3,(H,20,24). The summed E-state index contributed by atoms with van der Waals surface area (Å²) in [5.74, 6) is 0.262. The topological polar surface area (TPSA) is 76.5 Å². The van der Waals surface area contributed by atoms with Crippen LogP contribution in [0, 0.1) is 0 Å². The third-order valence-electron chi connectivity index (χ3n) is 4.13. The number of halogens is 1. The summed E-state index contributed by atoms with van der Waals surface area (Å²) in [6.07, 6.45) is 2.10. The molecule has 0 saturated carbocycles. The maximum Gasteiger partial charge on any atom is 0.255 e. The van der Waals surface area contributed by atoms with E-state index in [1.54, 1.807) is 13.2 Å². The molecule has 3 rings (SSSR count). The fourth-order valence-corrected chi connectivity index (χ4v) is 3.38. The average Bonchev–Trinajstić information content (AvgIpc) is 3.11. The van der Waals surface area contributed by atoms with E-state index in [0.717, 1.165) is 30.4 Å². The summed E-state index contributed by atoms with van der Waals surface area (Å²) in [6, 6.07) is 8.75. The van der Waals surface area contributed by atoms with Crippen LogP contribution in [0.15, 0.2) is 39.6 Å². The van der Waals surface area contributed by atoms with Crippen LogP contribution in [-0.4, -0.2) is 35.7 Å². The first kappa shape index (κ1) is 18.6. The van der Waals surface area contributed by atoms with Gasteiger partial charge in [0.2, 0.25) is 11.9 Å². The number of amides is 1. The number of benzene rings is 1. The number of anilines is 2. The van der Waals surface area contributed by atoms with Crippen molar-refractivity contribution in [3.05, 3.63) is 50.9 Å². The zero-order valence-electron chi connectivity index (χ0n) is 14.6. The molecule has 1 aromatic carbocycles. The SMILES string of the molecule is COCc1cc(=O)n(CC(=O)Nc2cccc(Br)c2)c(N2CCCC2)n1. The Kier molecular flexibility index (Phi) is 6.05. The monoisotopic (exact) mass is 420 g/mol. The molecule has 2 aromatic rings. The molecule has 1 aromatic heterocycles. The van der Waals surface area contributed by atoms with Crippen LogP contribution in [0.25, 0.3) is 0 Å². The summed E-state index contributed by atoms with van der Waals surface area (Å²) in [5, 5.41) is 2.82. The Morgan fingerprint density at radius 3 is 2.77 bits per heavy atom. The summed E-state index contributed by atoms with van der Waals surface area (Å²) in [6.45, 7) is 1.84. The van der Waals surface area contributed by atoms with E-state index in [2.05, 4.69) is 26.2 Å². The van der Waals surface area contributed by atoms with Crippen LogP contribution in [0.2, 0.25) is 0 Å². The van der Waals surface area contributed by atoms with Crippen molar-refractivity contribution in [3.8, 4) is 0 Å². The highest BCUT2D eigenvalue weighted by Crippen LogP contribution is 2.18. The molecule has 1 aliphatic heterocycles. The summed E-state index contributed by atoms with van der Waals surface area (Å²) in [4.78, 5) is 31.7. The van der Waals surface area contributed by atoms with Gasteiger partial charge >= 0.3 is 0 Å². The quantitative estimate of drug-likeness (QED) is 0.775. The smallest absolute Gasteiger partial charge is 0.255 e. The Balaban J connectivity index is 1.85. The predicted octanol–water partition coefficient (Wildman–Crippen LogP) is 2.39. The van der Waals surface area contributed by atoms with Crippen molar-refractivity contribution in [2.45, 2.75) is 26.0 Å². The highest BCUT2D eigenvalue weighted by atomic mass is 79.9. The third-order valence-corrected chi connectivity index (χ3v) is 4.63. The summed E-state index contributed by atoms with van der Waals surface area (Å²) >= 11 is 3.37. The van der Waals surface area contributed by atoms with E-state index in [1.807, 2.05) is 23.1 Å². The number of ether oxygens (including phenoxy) is 1. The molecule has 8 heteroatoms.